The van der Waals surface area contributed by atoms with E-state index in [1.165, 1.54) is 0 Å². The van der Waals surface area contributed by atoms with Gasteiger partial charge in [0, 0.05) is 25.2 Å². The van der Waals surface area contributed by atoms with Crippen LogP contribution in [0.4, 0.5) is 13.2 Å². The second-order valence-electron chi connectivity index (χ2n) is 3.79. The van der Waals surface area contributed by atoms with Gasteiger partial charge in [0.05, 0.1) is 0 Å². The first-order chi connectivity index (χ1) is 7.60. The molecular formula is C11H12F3NO. The molecule has 0 radical (unpaired) electrons. The molecule has 1 aromatic rings. The van der Waals surface area contributed by atoms with Crippen molar-refractivity contribution in [2.24, 2.45) is 0 Å². The van der Waals surface area contributed by atoms with Crippen molar-refractivity contribution in [2.45, 2.75) is 13.0 Å². The van der Waals surface area contributed by atoms with Crippen molar-refractivity contribution in [1.29, 1.82) is 0 Å². The number of likely N-dealkylation sites (N-methyl/N-ethyl adjacent to an activating group) is 1. The molecule has 0 spiro atoms. The van der Waals surface area contributed by atoms with Crippen molar-refractivity contribution in [2.75, 3.05) is 19.6 Å². The van der Waals surface area contributed by atoms with Gasteiger partial charge in [0.1, 0.15) is 11.9 Å². The van der Waals surface area contributed by atoms with Crippen molar-refractivity contribution < 1.29 is 17.9 Å². The molecule has 2 rings (SSSR count). The zero-order chi connectivity index (χ0) is 11.7. The topological polar surface area (TPSA) is 12.5 Å². The third kappa shape index (κ3) is 2.14. The van der Waals surface area contributed by atoms with E-state index in [0.717, 1.165) is 6.54 Å². The van der Waals surface area contributed by atoms with E-state index in [1.54, 1.807) is 0 Å². The minimum absolute atomic E-state index is 0.214. The summed E-state index contributed by atoms with van der Waals surface area (Å²) in [5.41, 5.74) is 0. The molecule has 1 aliphatic heterocycles. The summed E-state index contributed by atoms with van der Waals surface area (Å²) in [6.45, 7) is 4.17. The van der Waals surface area contributed by atoms with Gasteiger partial charge in [0.15, 0.2) is 17.4 Å². The summed E-state index contributed by atoms with van der Waals surface area (Å²) in [6, 6.07) is 1.24. The molecule has 1 aromatic carbocycles. The van der Waals surface area contributed by atoms with Crippen molar-refractivity contribution in [3.8, 4) is 5.75 Å². The van der Waals surface area contributed by atoms with Crippen molar-refractivity contribution in [3.05, 3.63) is 29.6 Å². The van der Waals surface area contributed by atoms with Gasteiger partial charge in [0.25, 0.3) is 0 Å². The fourth-order valence-electron chi connectivity index (χ4n) is 1.66. The van der Waals surface area contributed by atoms with Gasteiger partial charge >= 0.3 is 0 Å². The number of ether oxygens (including phenoxy) is 1. The Bertz CT molecular complexity index is 368. The number of benzene rings is 1. The molecule has 1 fully saturated rings. The van der Waals surface area contributed by atoms with Gasteiger partial charge in [-0.3, -0.25) is 4.90 Å². The van der Waals surface area contributed by atoms with Crippen LogP contribution in [-0.2, 0) is 0 Å². The molecule has 0 atom stereocenters. The lowest BCUT2D eigenvalue weighted by Crippen LogP contribution is -2.53. The van der Waals surface area contributed by atoms with Gasteiger partial charge in [-0.25, -0.2) is 13.2 Å². The Morgan fingerprint density at radius 3 is 2.31 bits per heavy atom. The number of nitrogens with zero attached hydrogens (tertiary/aromatic N) is 1. The molecule has 5 heteroatoms. The van der Waals surface area contributed by atoms with E-state index in [-0.39, 0.29) is 6.10 Å². The Kier molecular flexibility index (Phi) is 3.05. The van der Waals surface area contributed by atoms with Gasteiger partial charge in [0.2, 0.25) is 0 Å². The van der Waals surface area contributed by atoms with Gasteiger partial charge in [-0.2, -0.15) is 0 Å². The highest BCUT2D eigenvalue weighted by Gasteiger charge is 2.28. The van der Waals surface area contributed by atoms with Crippen LogP contribution < -0.4 is 4.74 Å². The molecule has 16 heavy (non-hydrogen) atoms. The molecule has 1 aliphatic rings. The Hall–Kier alpha value is -1.23. The lowest BCUT2D eigenvalue weighted by atomic mass is 10.1. The minimum atomic E-state index is -0.993. The molecule has 88 valence electrons. The maximum absolute atomic E-state index is 13.2. The fraction of sp³-hybridized carbons (Fsp3) is 0.455. The Morgan fingerprint density at radius 2 is 1.81 bits per heavy atom. The maximum Gasteiger partial charge on any atom is 0.191 e. The first kappa shape index (κ1) is 11.3. The molecule has 1 saturated heterocycles. The second kappa shape index (κ2) is 4.33. The van der Waals surface area contributed by atoms with Gasteiger partial charge in [-0.05, 0) is 6.54 Å². The summed E-state index contributed by atoms with van der Waals surface area (Å²) in [7, 11) is 0. The number of likely N-dealkylation sites (tertiary alicyclic amines) is 1. The van der Waals surface area contributed by atoms with Crippen LogP contribution in [0.25, 0.3) is 0 Å². The molecule has 0 N–H and O–H groups in total. The van der Waals surface area contributed by atoms with Crippen LogP contribution in [0.1, 0.15) is 6.92 Å². The zero-order valence-corrected chi connectivity index (χ0v) is 8.84. The smallest absolute Gasteiger partial charge is 0.191 e. The highest BCUT2D eigenvalue weighted by atomic mass is 19.1. The summed E-state index contributed by atoms with van der Waals surface area (Å²) >= 11 is 0. The largest absolute Gasteiger partial charge is 0.482 e. The van der Waals surface area contributed by atoms with Crippen LogP contribution in [0.2, 0.25) is 0 Å². The highest BCUT2D eigenvalue weighted by molar-refractivity contribution is 5.27. The number of halogens is 3. The number of rotatable bonds is 3. The van der Waals surface area contributed by atoms with Crippen molar-refractivity contribution in [1.82, 2.24) is 4.90 Å². The quantitative estimate of drug-likeness (QED) is 0.790. The molecule has 0 aliphatic carbocycles. The third-order valence-electron chi connectivity index (χ3n) is 2.62. The van der Waals surface area contributed by atoms with Gasteiger partial charge in [-0.15, -0.1) is 0 Å². The van der Waals surface area contributed by atoms with Crippen LogP contribution in [0.5, 0.6) is 5.75 Å². The SMILES string of the molecule is CCN1CC(Oc2c(F)cc(F)cc2F)C1. The average molecular weight is 231 g/mol. The summed E-state index contributed by atoms with van der Waals surface area (Å²) in [5, 5.41) is 0. The van der Waals surface area contributed by atoms with E-state index in [4.69, 9.17) is 4.74 Å². The van der Waals surface area contributed by atoms with Crippen molar-refractivity contribution >= 4 is 0 Å². The van der Waals surface area contributed by atoms with E-state index in [9.17, 15) is 13.2 Å². The van der Waals surface area contributed by atoms with E-state index in [0.29, 0.717) is 25.2 Å². The van der Waals surface area contributed by atoms with Crippen LogP contribution >= 0.6 is 0 Å². The lowest BCUT2D eigenvalue weighted by molar-refractivity contribution is 0.0187. The summed E-state index contributed by atoms with van der Waals surface area (Å²) in [5.74, 6) is -3.41. The molecule has 0 unspecified atom stereocenters. The second-order valence-corrected chi connectivity index (χ2v) is 3.79. The van der Waals surface area contributed by atoms with Crippen molar-refractivity contribution in [3.63, 3.8) is 0 Å². The average Bonchev–Trinajstić information content (AvgIpc) is 2.13. The molecule has 2 nitrogen and oxygen atoms in total. The highest BCUT2D eigenvalue weighted by Crippen LogP contribution is 2.25. The Morgan fingerprint density at radius 1 is 1.25 bits per heavy atom. The molecule has 0 saturated carbocycles. The van der Waals surface area contributed by atoms with E-state index in [2.05, 4.69) is 4.90 Å². The number of hydrogen-bond acceptors (Lipinski definition) is 2. The monoisotopic (exact) mass is 231 g/mol. The lowest BCUT2D eigenvalue weighted by Gasteiger charge is -2.38. The zero-order valence-electron chi connectivity index (χ0n) is 8.84. The van der Waals surface area contributed by atoms with Crippen LogP contribution in [0.3, 0.4) is 0 Å². The summed E-state index contributed by atoms with van der Waals surface area (Å²) in [4.78, 5) is 2.07. The Balaban J connectivity index is 2.05. The van der Waals surface area contributed by atoms with E-state index >= 15 is 0 Å². The Labute approximate surface area is 91.6 Å². The first-order valence-electron chi connectivity index (χ1n) is 5.13. The van der Waals surface area contributed by atoms with Gasteiger partial charge in [-0.1, -0.05) is 6.92 Å². The fourth-order valence-corrected chi connectivity index (χ4v) is 1.66. The van der Waals surface area contributed by atoms with Crippen LogP contribution in [0.15, 0.2) is 12.1 Å². The first-order valence-corrected chi connectivity index (χ1v) is 5.13. The number of hydrogen-bond donors (Lipinski definition) is 0. The summed E-state index contributed by atoms with van der Waals surface area (Å²) < 4.78 is 44.1. The van der Waals surface area contributed by atoms with E-state index in [1.807, 2.05) is 6.92 Å². The standard InChI is InChI=1S/C11H12F3NO/c1-2-15-5-8(6-15)16-11-9(13)3-7(12)4-10(11)14/h3-4,8H,2,5-6H2,1H3. The predicted octanol–water partition coefficient (Wildman–Crippen LogP) is 2.19. The minimum Gasteiger partial charge on any atom is -0.482 e. The third-order valence-corrected chi connectivity index (χ3v) is 2.62. The van der Waals surface area contributed by atoms with Crippen LogP contribution in [-0.4, -0.2) is 30.6 Å². The molecule has 0 aromatic heterocycles. The normalized spacial score (nSPS) is 17.2. The predicted molar refractivity (Wildman–Crippen MR) is 52.8 cm³/mol. The molecule has 0 bridgehead atoms. The van der Waals surface area contributed by atoms with Crippen LogP contribution in [0, 0.1) is 17.5 Å². The molecule has 0 amide bonds. The molecule has 1 heterocycles. The van der Waals surface area contributed by atoms with E-state index < -0.39 is 23.2 Å². The summed E-state index contributed by atoms with van der Waals surface area (Å²) in [6.07, 6.45) is -0.214. The maximum atomic E-state index is 13.2. The van der Waals surface area contributed by atoms with Gasteiger partial charge < -0.3 is 4.74 Å². The molecular weight excluding hydrogens is 219 g/mol.